The van der Waals surface area contributed by atoms with Crippen LogP contribution in [0.25, 0.3) is 10.8 Å². The molecule has 2 aliphatic rings. The Labute approximate surface area is 207 Å². The summed E-state index contributed by atoms with van der Waals surface area (Å²) in [6.45, 7) is 3.29. The molecular weight excluding hydrogens is 436 g/mol. The first-order valence-electron chi connectivity index (χ1n) is 12.9. The van der Waals surface area contributed by atoms with Crippen molar-refractivity contribution in [2.75, 3.05) is 13.1 Å². The summed E-state index contributed by atoms with van der Waals surface area (Å²) >= 11 is 0. The average molecular weight is 471 g/mol. The maximum absolute atomic E-state index is 12.9. The fourth-order valence-electron chi connectivity index (χ4n) is 5.92. The Morgan fingerprint density at radius 2 is 1.63 bits per heavy atom. The predicted octanol–water partition coefficient (Wildman–Crippen LogP) is 5.76. The molecule has 5 heteroatoms. The maximum Gasteiger partial charge on any atom is 0.306 e. The van der Waals surface area contributed by atoms with E-state index in [1.165, 1.54) is 21.9 Å². The van der Waals surface area contributed by atoms with Crippen LogP contribution in [-0.4, -0.2) is 41.0 Å². The number of aliphatic carboxylic acids is 1. The van der Waals surface area contributed by atoms with Gasteiger partial charge < -0.3 is 15.3 Å². The van der Waals surface area contributed by atoms with Crippen LogP contribution in [0, 0.1) is 5.92 Å². The second kappa shape index (κ2) is 10.2. The molecular formula is C30H34N2O3. The monoisotopic (exact) mass is 470 g/mol. The summed E-state index contributed by atoms with van der Waals surface area (Å²) in [7, 11) is 0. The van der Waals surface area contributed by atoms with Crippen molar-refractivity contribution in [3.63, 3.8) is 0 Å². The van der Waals surface area contributed by atoms with Crippen molar-refractivity contribution in [1.29, 1.82) is 0 Å². The van der Waals surface area contributed by atoms with E-state index >= 15 is 0 Å². The largest absolute Gasteiger partial charge is 0.481 e. The van der Waals surface area contributed by atoms with Gasteiger partial charge in [-0.15, -0.1) is 0 Å². The molecule has 0 aromatic heterocycles. The van der Waals surface area contributed by atoms with Gasteiger partial charge in [-0.05, 0) is 79.0 Å². The van der Waals surface area contributed by atoms with Gasteiger partial charge in [-0.3, -0.25) is 9.59 Å². The molecule has 1 aliphatic heterocycles. The van der Waals surface area contributed by atoms with Gasteiger partial charge in [-0.1, -0.05) is 54.6 Å². The van der Waals surface area contributed by atoms with Crippen molar-refractivity contribution in [2.45, 2.75) is 57.0 Å². The van der Waals surface area contributed by atoms with Gasteiger partial charge in [0.1, 0.15) is 0 Å². The third kappa shape index (κ3) is 5.10. The third-order valence-electron chi connectivity index (χ3n) is 7.97. The Morgan fingerprint density at radius 1 is 0.914 bits per heavy atom. The van der Waals surface area contributed by atoms with Crippen LogP contribution in [0.4, 0.5) is 0 Å². The first-order valence-corrected chi connectivity index (χ1v) is 12.9. The lowest BCUT2D eigenvalue weighted by Gasteiger charge is -2.30. The molecule has 2 fully saturated rings. The number of rotatable bonds is 6. The second-order valence-corrected chi connectivity index (χ2v) is 10.2. The molecule has 3 aromatic rings. The van der Waals surface area contributed by atoms with Crippen LogP contribution in [0.5, 0.6) is 0 Å². The Balaban J connectivity index is 1.18. The number of benzene rings is 3. The van der Waals surface area contributed by atoms with Crippen molar-refractivity contribution in [3.8, 4) is 0 Å². The Bertz CT molecular complexity index is 1190. The highest BCUT2D eigenvalue weighted by Gasteiger charge is 2.29. The molecule has 182 valence electrons. The number of amides is 1. The zero-order chi connectivity index (χ0) is 24.4. The Kier molecular flexibility index (Phi) is 6.87. The summed E-state index contributed by atoms with van der Waals surface area (Å²) in [6.07, 6.45) is 4.47. The minimum absolute atomic E-state index is 0.00951. The highest BCUT2D eigenvalue weighted by molar-refractivity contribution is 5.94. The van der Waals surface area contributed by atoms with E-state index in [0.717, 1.165) is 19.3 Å². The van der Waals surface area contributed by atoms with Crippen molar-refractivity contribution < 1.29 is 14.7 Å². The molecule has 0 spiro atoms. The van der Waals surface area contributed by atoms with Crippen molar-refractivity contribution in [1.82, 2.24) is 10.2 Å². The average Bonchev–Trinajstić information content (AvgIpc) is 3.36. The second-order valence-electron chi connectivity index (χ2n) is 10.2. The molecule has 1 aliphatic carbocycles. The van der Waals surface area contributed by atoms with E-state index in [1.807, 2.05) is 12.1 Å². The Hall–Kier alpha value is -3.18. The SMILES string of the molecule is CC(NC1CCC(c2ccc(C(=O)N3CCC(C(=O)O)CC3)cc2)C1)c1cccc2ccccc12. The quantitative estimate of drug-likeness (QED) is 0.480. The lowest BCUT2D eigenvalue weighted by Crippen LogP contribution is -2.40. The molecule has 1 saturated heterocycles. The van der Waals surface area contributed by atoms with Crippen LogP contribution >= 0.6 is 0 Å². The number of carboxylic acids is 1. The first-order chi connectivity index (χ1) is 17.0. The minimum Gasteiger partial charge on any atom is -0.481 e. The number of carbonyl (C=O) groups excluding carboxylic acids is 1. The summed E-state index contributed by atoms with van der Waals surface area (Å²) < 4.78 is 0. The van der Waals surface area contributed by atoms with Crippen LogP contribution in [0.3, 0.4) is 0 Å². The molecule has 5 rings (SSSR count). The molecule has 2 N–H and O–H groups in total. The molecule has 1 amide bonds. The summed E-state index contributed by atoms with van der Waals surface area (Å²) in [5.74, 6) is -0.566. The Morgan fingerprint density at radius 3 is 2.37 bits per heavy atom. The van der Waals surface area contributed by atoms with E-state index in [-0.39, 0.29) is 17.9 Å². The van der Waals surface area contributed by atoms with Crippen molar-refractivity contribution >= 4 is 22.6 Å². The number of hydrogen-bond donors (Lipinski definition) is 2. The van der Waals surface area contributed by atoms with Gasteiger partial charge in [-0.2, -0.15) is 0 Å². The number of carbonyl (C=O) groups is 2. The molecule has 0 bridgehead atoms. The minimum atomic E-state index is -0.752. The number of hydrogen-bond acceptors (Lipinski definition) is 3. The smallest absolute Gasteiger partial charge is 0.306 e. The van der Waals surface area contributed by atoms with Gasteiger partial charge in [0.05, 0.1) is 5.92 Å². The van der Waals surface area contributed by atoms with Gasteiger partial charge in [0, 0.05) is 30.7 Å². The lowest BCUT2D eigenvalue weighted by molar-refractivity contribution is -0.143. The number of likely N-dealkylation sites (tertiary alicyclic amines) is 1. The number of carboxylic acid groups (broad SMARTS) is 1. The van der Waals surface area contributed by atoms with E-state index in [9.17, 15) is 14.7 Å². The fourth-order valence-corrected chi connectivity index (χ4v) is 5.92. The maximum atomic E-state index is 12.9. The first kappa shape index (κ1) is 23.6. The lowest BCUT2D eigenvalue weighted by atomic mass is 9.94. The van der Waals surface area contributed by atoms with Crippen LogP contribution in [0.2, 0.25) is 0 Å². The zero-order valence-electron chi connectivity index (χ0n) is 20.3. The van der Waals surface area contributed by atoms with Gasteiger partial charge in [0.15, 0.2) is 0 Å². The van der Waals surface area contributed by atoms with Crippen molar-refractivity contribution in [2.24, 2.45) is 5.92 Å². The number of fused-ring (bicyclic) bond motifs is 1. The summed E-state index contributed by atoms with van der Waals surface area (Å²) in [5.41, 5.74) is 3.34. The standard InChI is InChI=1S/C30H34N2O3/c1-20(27-8-4-6-22-5-2-3-7-28(22)27)31-26-14-13-25(19-26)21-9-11-23(12-10-21)29(33)32-17-15-24(16-18-32)30(34)35/h2-12,20,24-26,31H,13-19H2,1H3,(H,34,35). The van der Waals surface area contributed by atoms with Crippen LogP contribution in [-0.2, 0) is 4.79 Å². The normalized spacial score (nSPS) is 21.8. The molecule has 1 saturated carbocycles. The summed E-state index contributed by atoms with van der Waals surface area (Å²) in [6, 6.07) is 24.0. The zero-order valence-corrected chi connectivity index (χ0v) is 20.3. The molecule has 0 radical (unpaired) electrons. The fraction of sp³-hybridized carbons (Fsp3) is 0.400. The van der Waals surface area contributed by atoms with Gasteiger partial charge in [-0.25, -0.2) is 0 Å². The molecule has 3 unspecified atom stereocenters. The molecule has 1 heterocycles. The van der Waals surface area contributed by atoms with E-state index in [1.54, 1.807) is 4.90 Å². The molecule has 35 heavy (non-hydrogen) atoms. The van der Waals surface area contributed by atoms with E-state index < -0.39 is 5.97 Å². The predicted molar refractivity (Wildman–Crippen MR) is 139 cm³/mol. The molecule has 3 aromatic carbocycles. The van der Waals surface area contributed by atoms with E-state index in [4.69, 9.17) is 0 Å². The molecule has 3 atom stereocenters. The van der Waals surface area contributed by atoms with Gasteiger partial charge >= 0.3 is 5.97 Å². The topological polar surface area (TPSA) is 69.6 Å². The van der Waals surface area contributed by atoms with Crippen LogP contribution in [0.1, 0.15) is 72.5 Å². The highest BCUT2D eigenvalue weighted by Crippen LogP contribution is 2.36. The summed E-state index contributed by atoms with van der Waals surface area (Å²) in [5, 5.41) is 15.6. The number of piperidine rings is 1. The van der Waals surface area contributed by atoms with Gasteiger partial charge in [0.2, 0.25) is 0 Å². The number of nitrogens with one attached hydrogen (secondary N) is 1. The van der Waals surface area contributed by atoms with Crippen LogP contribution < -0.4 is 5.32 Å². The molecule has 5 nitrogen and oxygen atoms in total. The highest BCUT2D eigenvalue weighted by atomic mass is 16.4. The summed E-state index contributed by atoms with van der Waals surface area (Å²) in [4.78, 5) is 25.8. The van der Waals surface area contributed by atoms with E-state index in [2.05, 4.69) is 66.8 Å². The van der Waals surface area contributed by atoms with Crippen molar-refractivity contribution in [3.05, 3.63) is 83.4 Å². The number of nitrogens with zero attached hydrogens (tertiary/aromatic N) is 1. The third-order valence-corrected chi connectivity index (χ3v) is 7.97. The van der Waals surface area contributed by atoms with Crippen LogP contribution in [0.15, 0.2) is 66.7 Å². The van der Waals surface area contributed by atoms with E-state index in [0.29, 0.717) is 43.5 Å². The van der Waals surface area contributed by atoms with Gasteiger partial charge in [0.25, 0.3) is 5.91 Å².